The Kier molecular flexibility index (Phi) is 8.19. The van der Waals surface area contributed by atoms with E-state index in [9.17, 15) is 24.3 Å². The molecule has 0 aliphatic heterocycles. The lowest BCUT2D eigenvalue weighted by Gasteiger charge is -2.25. The molecule has 10 nitrogen and oxygen atoms in total. The number of primary amides is 1. The average Bonchev–Trinajstić information content (AvgIpc) is 2.41. The molecule has 0 aliphatic rings. The quantitative estimate of drug-likeness (QED) is 0.265. The summed E-state index contributed by atoms with van der Waals surface area (Å²) in [6.07, 6.45) is -1.69. The average molecular weight is 332 g/mol. The Morgan fingerprint density at radius 2 is 1.57 bits per heavy atom. The van der Waals surface area contributed by atoms with Gasteiger partial charge in [0.15, 0.2) is 0 Å². The van der Waals surface area contributed by atoms with Gasteiger partial charge in [-0.2, -0.15) is 0 Å². The van der Waals surface area contributed by atoms with Crippen LogP contribution in [0.4, 0.5) is 0 Å². The molecule has 0 bridgehead atoms. The molecule has 0 saturated carbocycles. The number of nitrogens with one attached hydrogen (secondary N) is 2. The van der Waals surface area contributed by atoms with Gasteiger partial charge in [0, 0.05) is 0 Å². The number of aliphatic hydroxyl groups excluding tert-OH is 1. The van der Waals surface area contributed by atoms with Crippen molar-refractivity contribution in [3.63, 3.8) is 0 Å². The van der Waals surface area contributed by atoms with Crippen LogP contribution in [0.25, 0.3) is 0 Å². The molecule has 0 heterocycles. The van der Waals surface area contributed by atoms with Crippen LogP contribution in [0.3, 0.4) is 0 Å². The van der Waals surface area contributed by atoms with Crippen LogP contribution in [0, 0.1) is 5.92 Å². The summed E-state index contributed by atoms with van der Waals surface area (Å²) in [5.74, 6) is -4.25. The molecule has 0 radical (unpaired) electrons. The van der Waals surface area contributed by atoms with Crippen molar-refractivity contribution in [2.45, 2.75) is 51.4 Å². The third-order valence-corrected chi connectivity index (χ3v) is 3.09. The van der Waals surface area contributed by atoms with Gasteiger partial charge in [-0.3, -0.25) is 14.4 Å². The number of carboxylic acids is 1. The lowest BCUT2D eigenvalue weighted by atomic mass is 10.0. The smallest absolute Gasteiger partial charge is 0.326 e. The van der Waals surface area contributed by atoms with Crippen LogP contribution in [0.5, 0.6) is 0 Å². The van der Waals surface area contributed by atoms with Crippen molar-refractivity contribution in [3.05, 3.63) is 0 Å². The predicted octanol–water partition coefficient (Wildman–Crippen LogP) is -2.72. The van der Waals surface area contributed by atoms with Crippen LogP contribution in [0.1, 0.15) is 27.2 Å². The largest absolute Gasteiger partial charge is 0.480 e. The minimum absolute atomic E-state index is 0.386. The van der Waals surface area contributed by atoms with Crippen molar-refractivity contribution in [3.8, 4) is 0 Å². The molecule has 0 rings (SSSR count). The monoisotopic (exact) mass is 332 g/mol. The molecule has 0 unspecified atom stereocenters. The van der Waals surface area contributed by atoms with Gasteiger partial charge in [0.1, 0.15) is 18.1 Å². The Hall–Kier alpha value is -2.20. The van der Waals surface area contributed by atoms with Crippen molar-refractivity contribution >= 4 is 23.7 Å². The van der Waals surface area contributed by atoms with Crippen LogP contribution in [0.15, 0.2) is 0 Å². The molecule has 4 atom stereocenters. The molecule has 0 fully saturated rings. The first-order valence-electron chi connectivity index (χ1n) is 7.02. The summed E-state index contributed by atoms with van der Waals surface area (Å²) in [6, 6.07) is -3.81. The van der Waals surface area contributed by atoms with E-state index in [0.717, 1.165) is 0 Å². The van der Waals surface area contributed by atoms with Gasteiger partial charge in [0.05, 0.1) is 12.5 Å². The second-order valence-corrected chi connectivity index (χ2v) is 5.57. The number of aliphatic hydroxyl groups is 1. The SMILES string of the molecule is CC(C)[C@H](NC(=O)[C@H](N)[C@H](C)O)C(=O)N[C@@H](CC(N)=O)C(=O)O. The number of aliphatic carboxylic acids is 1. The molecule has 0 aromatic rings. The highest BCUT2D eigenvalue weighted by atomic mass is 16.4. The number of hydrogen-bond donors (Lipinski definition) is 6. The highest BCUT2D eigenvalue weighted by molar-refractivity contribution is 5.93. The zero-order chi connectivity index (χ0) is 18.3. The van der Waals surface area contributed by atoms with Gasteiger partial charge in [0.25, 0.3) is 0 Å². The number of carbonyl (C=O) groups is 4. The fourth-order valence-electron chi connectivity index (χ4n) is 1.67. The highest BCUT2D eigenvalue weighted by Gasteiger charge is 2.31. The molecule has 0 aromatic heterocycles. The second-order valence-electron chi connectivity index (χ2n) is 5.57. The first-order chi connectivity index (χ1) is 10.5. The van der Waals surface area contributed by atoms with Crippen LogP contribution < -0.4 is 22.1 Å². The van der Waals surface area contributed by atoms with Crippen molar-refractivity contribution in [2.75, 3.05) is 0 Å². The minimum Gasteiger partial charge on any atom is -0.480 e. The summed E-state index contributed by atoms with van der Waals surface area (Å²) < 4.78 is 0. The van der Waals surface area contributed by atoms with E-state index in [0.29, 0.717) is 0 Å². The van der Waals surface area contributed by atoms with Crippen LogP contribution in [-0.2, 0) is 19.2 Å². The number of carboxylic acid groups (broad SMARTS) is 1. The van der Waals surface area contributed by atoms with E-state index < -0.39 is 54.3 Å². The van der Waals surface area contributed by atoms with Gasteiger partial charge in [-0.25, -0.2) is 4.79 Å². The van der Waals surface area contributed by atoms with Gasteiger partial charge >= 0.3 is 5.97 Å². The molecule has 0 aliphatic carbocycles. The molecule has 8 N–H and O–H groups in total. The first kappa shape index (κ1) is 20.8. The Morgan fingerprint density at radius 1 is 1.04 bits per heavy atom. The molecule has 23 heavy (non-hydrogen) atoms. The summed E-state index contributed by atoms with van der Waals surface area (Å²) in [6.45, 7) is 4.58. The third kappa shape index (κ3) is 7.06. The normalized spacial score (nSPS) is 16.1. The zero-order valence-electron chi connectivity index (χ0n) is 13.3. The molecule has 10 heteroatoms. The summed E-state index contributed by atoms with van der Waals surface area (Å²) >= 11 is 0. The van der Waals surface area contributed by atoms with E-state index >= 15 is 0 Å². The standard InChI is InChI=1S/C13H24N4O6/c1-5(2)10(17-11(20)9(15)6(3)18)12(21)16-7(13(22)23)4-8(14)19/h5-7,9-10,18H,4,15H2,1-3H3,(H2,14,19)(H,16,21)(H,17,20)(H,22,23)/t6-,7-,9+,10-/m0/s1. The Balaban J connectivity index is 5.01. The number of rotatable bonds is 9. The molecule has 3 amide bonds. The van der Waals surface area contributed by atoms with E-state index in [4.69, 9.17) is 16.6 Å². The van der Waals surface area contributed by atoms with Crippen molar-refractivity contribution in [1.29, 1.82) is 0 Å². The van der Waals surface area contributed by atoms with E-state index in [-0.39, 0.29) is 5.92 Å². The topological polar surface area (TPSA) is 185 Å². The molecule has 0 aromatic carbocycles. The molecular formula is C13H24N4O6. The fourth-order valence-corrected chi connectivity index (χ4v) is 1.67. The van der Waals surface area contributed by atoms with E-state index in [1.54, 1.807) is 13.8 Å². The van der Waals surface area contributed by atoms with Crippen molar-refractivity contribution < 1.29 is 29.4 Å². The van der Waals surface area contributed by atoms with Crippen LogP contribution >= 0.6 is 0 Å². The summed E-state index contributed by atoms with van der Waals surface area (Å²) in [4.78, 5) is 45.9. The third-order valence-electron chi connectivity index (χ3n) is 3.09. The molecule has 0 saturated heterocycles. The lowest BCUT2D eigenvalue weighted by molar-refractivity contribution is -0.144. The first-order valence-corrected chi connectivity index (χ1v) is 7.02. The summed E-state index contributed by atoms with van der Waals surface area (Å²) in [5.41, 5.74) is 10.4. The van der Waals surface area contributed by atoms with Crippen LogP contribution in [0.2, 0.25) is 0 Å². The number of carbonyl (C=O) groups excluding carboxylic acids is 3. The lowest BCUT2D eigenvalue weighted by Crippen LogP contribution is -2.58. The zero-order valence-corrected chi connectivity index (χ0v) is 13.3. The number of amides is 3. The van der Waals surface area contributed by atoms with Crippen molar-refractivity contribution in [2.24, 2.45) is 17.4 Å². The van der Waals surface area contributed by atoms with Gasteiger partial charge in [-0.05, 0) is 12.8 Å². The predicted molar refractivity (Wildman–Crippen MR) is 79.8 cm³/mol. The second kappa shape index (κ2) is 9.06. The Morgan fingerprint density at radius 3 is 1.91 bits per heavy atom. The van der Waals surface area contributed by atoms with Crippen molar-refractivity contribution in [1.82, 2.24) is 10.6 Å². The maximum Gasteiger partial charge on any atom is 0.326 e. The van der Waals surface area contributed by atoms with Crippen LogP contribution in [-0.4, -0.2) is 58.1 Å². The molecular weight excluding hydrogens is 308 g/mol. The van der Waals surface area contributed by atoms with E-state index in [1.165, 1.54) is 6.92 Å². The molecule has 132 valence electrons. The fraction of sp³-hybridized carbons (Fsp3) is 0.692. The Labute approximate surface area is 133 Å². The maximum absolute atomic E-state index is 12.2. The van der Waals surface area contributed by atoms with Gasteiger partial charge < -0.3 is 32.3 Å². The summed E-state index contributed by atoms with van der Waals surface area (Å²) in [5, 5.41) is 22.7. The minimum atomic E-state index is -1.50. The molecule has 0 spiro atoms. The summed E-state index contributed by atoms with van der Waals surface area (Å²) in [7, 11) is 0. The van der Waals surface area contributed by atoms with Gasteiger partial charge in [0.2, 0.25) is 17.7 Å². The van der Waals surface area contributed by atoms with Gasteiger partial charge in [-0.15, -0.1) is 0 Å². The highest BCUT2D eigenvalue weighted by Crippen LogP contribution is 2.04. The Bertz CT molecular complexity index is 465. The van der Waals surface area contributed by atoms with E-state index in [1.807, 2.05) is 0 Å². The number of hydrogen-bond acceptors (Lipinski definition) is 6. The van der Waals surface area contributed by atoms with Gasteiger partial charge in [-0.1, -0.05) is 13.8 Å². The number of nitrogens with two attached hydrogens (primary N) is 2. The van der Waals surface area contributed by atoms with E-state index in [2.05, 4.69) is 10.6 Å². The maximum atomic E-state index is 12.2.